The Balaban J connectivity index is 1.70. The lowest BCUT2D eigenvalue weighted by atomic mass is 10.0. The topological polar surface area (TPSA) is 29.6 Å². The van der Waals surface area contributed by atoms with Gasteiger partial charge in [-0.05, 0) is 29.8 Å². The molecule has 3 heteroatoms. The predicted octanol–water partition coefficient (Wildman–Crippen LogP) is 3.28. The molecule has 0 spiro atoms. The van der Waals surface area contributed by atoms with Crippen molar-refractivity contribution in [3.63, 3.8) is 0 Å². The van der Waals surface area contributed by atoms with Gasteiger partial charge in [-0.2, -0.15) is 0 Å². The van der Waals surface area contributed by atoms with Gasteiger partial charge >= 0.3 is 0 Å². The molecule has 0 saturated carbocycles. The summed E-state index contributed by atoms with van der Waals surface area (Å²) in [6, 6.07) is 0. The van der Waals surface area contributed by atoms with Crippen molar-refractivity contribution in [1.82, 2.24) is 0 Å². The number of ketones is 1. The number of allylic oxidation sites excluding steroid dienone is 1. The highest BCUT2D eigenvalue weighted by Gasteiger charge is 2.44. The summed E-state index contributed by atoms with van der Waals surface area (Å²) in [7, 11) is 0. The Morgan fingerprint density at radius 3 is 2.94 bits per heavy atom. The number of unbranched alkanes of at least 4 members (excludes halogenated alkanes) is 3. The molecule has 0 amide bonds. The number of carbonyl (C=O) groups is 1. The lowest BCUT2D eigenvalue weighted by Crippen LogP contribution is -2.14. The first-order valence-electron chi connectivity index (χ1n) is 6.76. The van der Waals surface area contributed by atoms with Crippen molar-refractivity contribution < 1.29 is 9.53 Å². The number of hydrogen-bond donors (Lipinski definition) is 0. The number of hydrogen-bond acceptors (Lipinski definition) is 3. The smallest absolute Gasteiger partial charge is 0.158 e. The van der Waals surface area contributed by atoms with E-state index in [1.165, 1.54) is 25.7 Å². The molecule has 1 saturated heterocycles. The van der Waals surface area contributed by atoms with Crippen LogP contribution in [0.2, 0.25) is 0 Å². The summed E-state index contributed by atoms with van der Waals surface area (Å²) in [5.74, 6) is 0.273. The minimum atomic E-state index is -0.446. The molecule has 1 fully saturated rings. The van der Waals surface area contributed by atoms with Crippen LogP contribution in [0.5, 0.6) is 0 Å². The number of epoxide rings is 1. The van der Waals surface area contributed by atoms with Gasteiger partial charge in [-0.1, -0.05) is 38.7 Å². The average Bonchev–Trinajstić information content (AvgIpc) is 2.76. The Hall–Kier alpha value is -0.280. The van der Waals surface area contributed by atoms with Crippen LogP contribution in [0.3, 0.4) is 0 Å². The molecular weight excluding hydrogens is 232 g/mol. The molecule has 0 aromatic carbocycles. The van der Waals surface area contributed by atoms with Crippen molar-refractivity contribution in [3.05, 3.63) is 11.6 Å². The summed E-state index contributed by atoms with van der Waals surface area (Å²) < 4.78 is 5.62. The van der Waals surface area contributed by atoms with Crippen LogP contribution in [0.1, 0.15) is 58.3 Å². The Bertz CT molecular complexity index is 324. The van der Waals surface area contributed by atoms with Crippen LogP contribution in [-0.2, 0) is 22.2 Å². The molecule has 1 aliphatic heterocycles. The fourth-order valence-electron chi connectivity index (χ4n) is 2.49. The zero-order valence-electron chi connectivity index (χ0n) is 10.5. The van der Waals surface area contributed by atoms with Crippen molar-refractivity contribution in [3.8, 4) is 0 Å². The summed E-state index contributed by atoms with van der Waals surface area (Å²) in [6.07, 6.45) is 10.5. The van der Waals surface area contributed by atoms with Crippen molar-refractivity contribution in [2.24, 2.45) is 0 Å². The minimum absolute atomic E-state index is 0.212. The lowest BCUT2D eigenvalue weighted by molar-refractivity contribution is -0.115. The maximum Gasteiger partial charge on any atom is 0.158 e. The summed E-state index contributed by atoms with van der Waals surface area (Å²) in [4.78, 5) is 11.1. The SMILES string of the molecule is CCCCCCC1OC1([S-])CC1=CCCC1=O. The summed E-state index contributed by atoms with van der Waals surface area (Å²) in [6.45, 7) is 2.21. The van der Waals surface area contributed by atoms with Crippen LogP contribution in [-0.4, -0.2) is 16.8 Å². The van der Waals surface area contributed by atoms with Gasteiger partial charge in [0.25, 0.3) is 0 Å². The normalized spacial score (nSPS) is 31.8. The van der Waals surface area contributed by atoms with Crippen molar-refractivity contribution in [1.29, 1.82) is 0 Å². The molecule has 2 unspecified atom stereocenters. The fourth-order valence-corrected chi connectivity index (χ4v) is 2.88. The van der Waals surface area contributed by atoms with Crippen LogP contribution in [0.15, 0.2) is 11.6 Å². The highest BCUT2D eigenvalue weighted by Crippen LogP contribution is 2.44. The van der Waals surface area contributed by atoms with Gasteiger partial charge in [0.15, 0.2) is 5.78 Å². The highest BCUT2D eigenvalue weighted by molar-refractivity contribution is 7.60. The maximum absolute atomic E-state index is 11.5. The molecule has 0 aromatic heterocycles. The largest absolute Gasteiger partial charge is 0.755 e. The second kappa shape index (κ2) is 5.57. The van der Waals surface area contributed by atoms with E-state index in [9.17, 15) is 4.79 Å². The molecule has 0 radical (unpaired) electrons. The molecule has 17 heavy (non-hydrogen) atoms. The van der Waals surface area contributed by atoms with E-state index in [2.05, 4.69) is 6.92 Å². The van der Waals surface area contributed by atoms with E-state index >= 15 is 0 Å². The van der Waals surface area contributed by atoms with E-state index in [0.717, 1.165) is 18.4 Å². The van der Waals surface area contributed by atoms with Crippen molar-refractivity contribution in [2.75, 3.05) is 0 Å². The third-order valence-electron chi connectivity index (χ3n) is 3.65. The molecule has 1 heterocycles. The maximum atomic E-state index is 11.5. The standard InChI is InChI=1S/C14H22O2S/c1-2-3-4-5-9-13-14(17,16-13)10-11-7-6-8-12(11)15/h7,13,17H,2-6,8-10H2,1H3/p-1. The Labute approximate surface area is 109 Å². The third kappa shape index (κ3) is 3.35. The zero-order valence-corrected chi connectivity index (χ0v) is 11.4. The molecule has 2 atom stereocenters. The van der Waals surface area contributed by atoms with Gasteiger partial charge in [0.05, 0.1) is 6.10 Å². The van der Waals surface area contributed by atoms with E-state index in [0.29, 0.717) is 12.8 Å². The fraction of sp³-hybridized carbons (Fsp3) is 0.786. The zero-order chi connectivity index (χ0) is 12.3. The molecule has 2 aliphatic rings. The number of rotatable bonds is 7. The molecule has 2 rings (SSSR count). The second-order valence-electron chi connectivity index (χ2n) is 5.14. The summed E-state index contributed by atoms with van der Waals surface area (Å²) in [5, 5.41) is 0. The van der Waals surface area contributed by atoms with E-state index in [1.54, 1.807) is 0 Å². The minimum Gasteiger partial charge on any atom is -0.755 e. The monoisotopic (exact) mass is 253 g/mol. The summed E-state index contributed by atoms with van der Waals surface area (Å²) >= 11 is 5.47. The van der Waals surface area contributed by atoms with Gasteiger partial charge in [-0.25, -0.2) is 0 Å². The van der Waals surface area contributed by atoms with Gasteiger partial charge in [0.2, 0.25) is 0 Å². The molecule has 1 aliphatic carbocycles. The molecular formula is C14H21O2S-. The van der Waals surface area contributed by atoms with Gasteiger partial charge < -0.3 is 17.4 Å². The molecule has 2 nitrogen and oxygen atoms in total. The van der Waals surface area contributed by atoms with Gasteiger partial charge in [-0.3, -0.25) is 4.79 Å². The molecule has 0 N–H and O–H groups in total. The Morgan fingerprint density at radius 1 is 1.47 bits per heavy atom. The highest BCUT2D eigenvalue weighted by atomic mass is 32.1. The van der Waals surface area contributed by atoms with Gasteiger partial charge in [0.1, 0.15) is 0 Å². The number of Topliss-reactive ketones (excluding diaryl/α,β-unsaturated/α-hetero) is 1. The van der Waals surface area contributed by atoms with Crippen LogP contribution < -0.4 is 0 Å². The van der Waals surface area contributed by atoms with E-state index in [4.69, 9.17) is 17.4 Å². The van der Waals surface area contributed by atoms with Crippen molar-refractivity contribution in [2.45, 2.75) is 69.3 Å². The molecule has 0 aromatic rings. The molecule has 0 bridgehead atoms. The first-order chi connectivity index (χ1) is 8.15. The predicted molar refractivity (Wildman–Crippen MR) is 70.7 cm³/mol. The number of ether oxygens (including phenoxy) is 1. The third-order valence-corrected chi connectivity index (χ3v) is 4.16. The van der Waals surface area contributed by atoms with Gasteiger partial charge in [0, 0.05) is 6.42 Å². The molecule has 96 valence electrons. The van der Waals surface area contributed by atoms with Crippen LogP contribution in [0.4, 0.5) is 0 Å². The number of carbonyl (C=O) groups excluding carboxylic acids is 1. The quantitative estimate of drug-likeness (QED) is 0.396. The Morgan fingerprint density at radius 2 is 2.29 bits per heavy atom. The summed E-state index contributed by atoms with van der Waals surface area (Å²) in [5.41, 5.74) is 0.913. The van der Waals surface area contributed by atoms with E-state index in [-0.39, 0.29) is 11.9 Å². The second-order valence-corrected chi connectivity index (χ2v) is 5.83. The van der Waals surface area contributed by atoms with Crippen molar-refractivity contribution >= 4 is 18.4 Å². The van der Waals surface area contributed by atoms with E-state index in [1.807, 2.05) is 6.08 Å². The van der Waals surface area contributed by atoms with Crippen LogP contribution in [0, 0.1) is 0 Å². The lowest BCUT2D eigenvalue weighted by Gasteiger charge is -2.18. The first kappa shape index (κ1) is 13.2. The van der Waals surface area contributed by atoms with E-state index < -0.39 is 4.93 Å². The van der Waals surface area contributed by atoms with Crippen LogP contribution in [0.25, 0.3) is 0 Å². The van der Waals surface area contributed by atoms with Crippen LogP contribution >= 0.6 is 0 Å². The average molecular weight is 253 g/mol. The van der Waals surface area contributed by atoms with Gasteiger partial charge in [-0.15, -0.1) is 0 Å². The first-order valence-corrected chi connectivity index (χ1v) is 7.17. The Kier molecular flexibility index (Phi) is 4.31.